The lowest BCUT2D eigenvalue weighted by atomic mass is 10.1. The maximum atomic E-state index is 11.4. The Hall–Kier alpha value is -0.920. The average Bonchev–Trinajstić information content (AvgIpc) is 2.52. The molecule has 3 N–H and O–H groups in total. The Morgan fingerprint density at radius 3 is 2.71 bits per heavy atom. The fraction of sp³-hybridized carbons (Fsp3) is 0.571. The second-order valence-corrected chi connectivity index (χ2v) is 5.29. The van der Waals surface area contributed by atoms with E-state index in [2.05, 4.69) is 14.9 Å². The summed E-state index contributed by atoms with van der Waals surface area (Å²) in [6, 6.07) is 1.34. The Labute approximate surface area is 82.4 Å². The van der Waals surface area contributed by atoms with Crippen molar-refractivity contribution in [3.63, 3.8) is 0 Å². The van der Waals surface area contributed by atoms with Gasteiger partial charge in [0.2, 0.25) is 0 Å². The van der Waals surface area contributed by atoms with Crippen molar-refractivity contribution in [2.75, 3.05) is 6.54 Å². The zero-order chi connectivity index (χ0) is 10.8. The third-order valence-electron chi connectivity index (χ3n) is 1.46. The standard InChI is InChI=1S/C7H13N3O3S/c1-7(2,11)5-9-14(12,13)6-3-4-8-10-6/h3-4,9,11H,5H2,1-2H3,(H,8,10). The molecule has 0 atom stereocenters. The SMILES string of the molecule is CC(C)(O)CNS(=O)(=O)c1ccn[nH]1. The summed E-state index contributed by atoms with van der Waals surface area (Å²) >= 11 is 0. The van der Waals surface area contributed by atoms with Crippen LogP contribution in [0, 0.1) is 0 Å². The smallest absolute Gasteiger partial charge is 0.257 e. The van der Waals surface area contributed by atoms with Crippen molar-refractivity contribution in [2.45, 2.75) is 24.5 Å². The summed E-state index contributed by atoms with van der Waals surface area (Å²) in [5, 5.41) is 15.2. The van der Waals surface area contributed by atoms with Crippen LogP contribution in [0.4, 0.5) is 0 Å². The minimum atomic E-state index is -3.58. The predicted octanol–water partition coefficient (Wildman–Crippen LogP) is -0.541. The molecule has 6 nitrogen and oxygen atoms in total. The highest BCUT2D eigenvalue weighted by atomic mass is 32.2. The molecular weight excluding hydrogens is 206 g/mol. The lowest BCUT2D eigenvalue weighted by Gasteiger charge is -2.16. The van der Waals surface area contributed by atoms with Gasteiger partial charge in [-0.15, -0.1) is 0 Å². The number of nitrogens with one attached hydrogen (secondary N) is 2. The first kappa shape index (κ1) is 11.2. The summed E-state index contributed by atoms with van der Waals surface area (Å²) in [5.74, 6) is 0. The first-order valence-electron chi connectivity index (χ1n) is 4.03. The Bertz CT molecular complexity index is 377. The van der Waals surface area contributed by atoms with Gasteiger partial charge in [-0.3, -0.25) is 5.10 Å². The van der Waals surface area contributed by atoms with Gasteiger partial charge in [-0.25, -0.2) is 13.1 Å². The molecule has 0 amide bonds. The molecule has 0 saturated heterocycles. The van der Waals surface area contributed by atoms with Crippen molar-refractivity contribution < 1.29 is 13.5 Å². The van der Waals surface area contributed by atoms with E-state index < -0.39 is 15.6 Å². The zero-order valence-electron chi connectivity index (χ0n) is 7.98. The second-order valence-electron chi connectivity index (χ2n) is 3.56. The number of hydrogen-bond acceptors (Lipinski definition) is 4. The van der Waals surface area contributed by atoms with Crippen LogP contribution < -0.4 is 4.72 Å². The van der Waals surface area contributed by atoms with Gasteiger partial charge in [0.05, 0.1) is 11.8 Å². The lowest BCUT2D eigenvalue weighted by molar-refractivity contribution is 0.0857. The summed E-state index contributed by atoms with van der Waals surface area (Å²) in [6.45, 7) is 2.99. The molecule has 1 rings (SSSR count). The molecule has 1 aromatic heterocycles. The van der Waals surface area contributed by atoms with E-state index in [9.17, 15) is 13.5 Å². The fourth-order valence-electron chi connectivity index (χ4n) is 0.742. The predicted molar refractivity (Wildman–Crippen MR) is 50.1 cm³/mol. The van der Waals surface area contributed by atoms with Crippen LogP contribution in [0.1, 0.15) is 13.8 Å². The minimum absolute atomic E-state index is 0.0123. The highest BCUT2D eigenvalue weighted by Crippen LogP contribution is 2.04. The summed E-state index contributed by atoms with van der Waals surface area (Å²) in [7, 11) is -3.58. The first-order valence-corrected chi connectivity index (χ1v) is 5.51. The largest absolute Gasteiger partial charge is 0.389 e. The molecule has 0 fully saturated rings. The normalized spacial score (nSPS) is 13.1. The minimum Gasteiger partial charge on any atom is -0.389 e. The number of H-pyrrole nitrogens is 1. The molecule has 0 aromatic carbocycles. The molecule has 1 heterocycles. The van der Waals surface area contributed by atoms with Gasteiger partial charge in [0.1, 0.15) is 0 Å². The number of nitrogens with zero attached hydrogens (tertiary/aromatic N) is 1. The summed E-state index contributed by atoms with van der Waals surface area (Å²) in [4.78, 5) is 0. The Morgan fingerprint density at radius 2 is 2.29 bits per heavy atom. The Morgan fingerprint density at radius 1 is 1.64 bits per heavy atom. The maximum Gasteiger partial charge on any atom is 0.257 e. The van der Waals surface area contributed by atoms with Gasteiger partial charge in [0.25, 0.3) is 10.0 Å². The van der Waals surface area contributed by atoms with E-state index in [-0.39, 0.29) is 11.6 Å². The van der Waals surface area contributed by atoms with E-state index in [1.807, 2.05) is 0 Å². The highest BCUT2D eigenvalue weighted by Gasteiger charge is 2.20. The number of rotatable bonds is 4. The van der Waals surface area contributed by atoms with Crippen LogP contribution in [-0.4, -0.2) is 35.9 Å². The molecule has 0 unspecified atom stereocenters. The second kappa shape index (κ2) is 3.68. The maximum absolute atomic E-state index is 11.4. The monoisotopic (exact) mass is 219 g/mol. The molecule has 0 radical (unpaired) electrons. The van der Waals surface area contributed by atoms with E-state index in [4.69, 9.17) is 0 Å². The number of sulfonamides is 1. The van der Waals surface area contributed by atoms with Crippen LogP contribution in [0.3, 0.4) is 0 Å². The van der Waals surface area contributed by atoms with Crippen LogP contribution in [0.25, 0.3) is 0 Å². The summed E-state index contributed by atoms with van der Waals surface area (Å²) in [6.07, 6.45) is 1.35. The zero-order valence-corrected chi connectivity index (χ0v) is 8.80. The van der Waals surface area contributed by atoms with Crippen molar-refractivity contribution in [3.05, 3.63) is 12.3 Å². The van der Waals surface area contributed by atoms with Crippen LogP contribution in [0.15, 0.2) is 17.3 Å². The molecule has 0 saturated carbocycles. The average molecular weight is 219 g/mol. The molecule has 0 spiro atoms. The van der Waals surface area contributed by atoms with E-state index in [1.54, 1.807) is 0 Å². The van der Waals surface area contributed by atoms with Gasteiger partial charge in [0.15, 0.2) is 5.03 Å². The molecule has 0 bridgehead atoms. The highest BCUT2D eigenvalue weighted by molar-refractivity contribution is 7.89. The number of aromatic nitrogens is 2. The summed E-state index contributed by atoms with van der Waals surface area (Å²) < 4.78 is 25.1. The van der Waals surface area contributed by atoms with Crippen LogP contribution in [0.5, 0.6) is 0 Å². The van der Waals surface area contributed by atoms with Crippen molar-refractivity contribution in [1.82, 2.24) is 14.9 Å². The van der Waals surface area contributed by atoms with Crippen LogP contribution in [0.2, 0.25) is 0 Å². The topological polar surface area (TPSA) is 95.1 Å². The molecule has 80 valence electrons. The van der Waals surface area contributed by atoms with Gasteiger partial charge < -0.3 is 5.11 Å². The quantitative estimate of drug-likeness (QED) is 0.633. The fourth-order valence-corrected chi connectivity index (χ4v) is 1.85. The lowest BCUT2D eigenvalue weighted by Crippen LogP contribution is -2.38. The van der Waals surface area contributed by atoms with Gasteiger partial charge in [-0.2, -0.15) is 5.10 Å². The Balaban J connectivity index is 2.70. The third-order valence-corrected chi connectivity index (χ3v) is 2.79. The third kappa shape index (κ3) is 3.09. The molecule has 7 heteroatoms. The Kier molecular flexibility index (Phi) is 2.93. The summed E-state index contributed by atoms with van der Waals surface area (Å²) in [5.41, 5.74) is -1.08. The van der Waals surface area contributed by atoms with Gasteiger partial charge in [-0.1, -0.05) is 0 Å². The molecule has 0 aliphatic carbocycles. The van der Waals surface area contributed by atoms with Gasteiger partial charge in [0, 0.05) is 6.54 Å². The molecule has 0 aliphatic rings. The van der Waals surface area contributed by atoms with E-state index >= 15 is 0 Å². The molecule has 1 aromatic rings. The number of aliphatic hydroxyl groups is 1. The van der Waals surface area contributed by atoms with Crippen LogP contribution in [-0.2, 0) is 10.0 Å². The van der Waals surface area contributed by atoms with E-state index in [1.165, 1.54) is 26.1 Å². The number of aromatic amines is 1. The van der Waals surface area contributed by atoms with Gasteiger partial charge >= 0.3 is 0 Å². The van der Waals surface area contributed by atoms with E-state index in [0.717, 1.165) is 0 Å². The van der Waals surface area contributed by atoms with Crippen molar-refractivity contribution in [1.29, 1.82) is 0 Å². The van der Waals surface area contributed by atoms with Crippen molar-refractivity contribution in [3.8, 4) is 0 Å². The molecule has 14 heavy (non-hydrogen) atoms. The van der Waals surface area contributed by atoms with Crippen LogP contribution >= 0.6 is 0 Å². The first-order chi connectivity index (χ1) is 6.31. The molecule has 0 aliphatic heterocycles. The van der Waals surface area contributed by atoms with Crippen molar-refractivity contribution >= 4 is 10.0 Å². The van der Waals surface area contributed by atoms with Crippen molar-refractivity contribution in [2.24, 2.45) is 0 Å². The number of hydrogen-bond donors (Lipinski definition) is 3. The molecular formula is C7H13N3O3S. The van der Waals surface area contributed by atoms with Gasteiger partial charge in [-0.05, 0) is 19.9 Å². The van der Waals surface area contributed by atoms with E-state index in [0.29, 0.717) is 0 Å².